The van der Waals surface area contributed by atoms with Crippen molar-refractivity contribution in [1.82, 2.24) is 10.2 Å². The van der Waals surface area contributed by atoms with E-state index in [-0.39, 0.29) is 38.1 Å². The predicted octanol–water partition coefficient (Wildman–Crippen LogP) is 0.533. The molecule has 1 unspecified atom stereocenters. The molecule has 7 heteroatoms. The maximum Gasteiger partial charge on any atom is 0.410 e. The third-order valence-corrected chi connectivity index (χ3v) is 3.75. The highest BCUT2D eigenvalue weighted by molar-refractivity contribution is 5.95. The molecule has 0 radical (unpaired) electrons. The number of amides is 2. The number of esters is 1. The fourth-order valence-corrected chi connectivity index (χ4v) is 2.73. The van der Waals surface area contributed by atoms with Crippen LogP contribution in [0.4, 0.5) is 4.79 Å². The molecule has 118 valence electrons. The Morgan fingerprint density at radius 3 is 2.52 bits per heavy atom. The number of nitrogens with one attached hydrogen (secondary N) is 1. The predicted molar refractivity (Wildman–Crippen MR) is 73.4 cm³/mol. The van der Waals surface area contributed by atoms with Crippen LogP contribution in [0.5, 0.6) is 0 Å². The summed E-state index contributed by atoms with van der Waals surface area (Å²) >= 11 is 0. The molecule has 7 nitrogen and oxygen atoms in total. The smallest absolute Gasteiger partial charge is 0.410 e. The summed E-state index contributed by atoms with van der Waals surface area (Å²) in [6.45, 7) is 7.99. The van der Waals surface area contributed by atoms with Gasteiger partial charge in [-0.15, -0.1) is 0 Å². The van der Waals surface area contributed by atoms with Gasteiger partial charge in [0.2, 0.25) is 5.91 Å². The minimum Gasteiger partial charge on any atom is -0.466 e. The third kappa shape index (κ3) is 2.82. The molecule has 2 aliphatic rings. The van der Waals surface area contributed by atoms with Gasteiger partial charge in [-0.2, -0.15) is 0 Å². The molecule has 2 saturated heterocycles. The Morgan fingerprint density at radius 2 is 2.00 bits per heavy atom. The van der Waals surface area contributed by atoms with E-state index in [1.54, 1.807) is 27.7 Å². The Kier molecular flexibility index (Phi) is 3.86. The van der Waals surface area contributed by atoms with Gasteiger partial charge >= 0.3 is 12.1 Å². The van der Waals surface area contributed by atoms with E-state index in [2.05, 4.69) is 5.32 Å². The molecule has 0 bridgehead atoms. The van der Waals surface area contributed by atoms with Gasteiger partial charge in [-0.05, 0) is 27.7 Å². The zero-order valence-electron chi connectivity index (χ0n) is 12.9. The van der Waals surface area contributed by atoms with E-state index in [4.69, 9.17) is 9.47 Å². The van der Waals surface area contributed by atoms with Gasteiger partial charge in [0.1, 0.15) is 5.60 Å². The highest BCUT2D eigenvalue weighted by atomic mass is 16.6. The summed E-state index contributed by atoms with van der Waals surface area (Å²) in [5, 5.41) is 2.69. The Balaban J connectivity index is 2.02. The summed E-state index contributed by atoms with van der Waals surface area (Å²) in [4.78, 5) is 37.4. The first-order chi connectivity index (χ1) is 9.69. The van der Waals surface area contributed by atoms with E-state index in [0.29, 0.717) is 0 Å². The SMILES string of the molecule is CCOC(=O)C1CNC(=O)C12CN(C(=O)OC(C)(C)C)C2. The zero-order chi connectivity index (χ0) is 15.8. The van der Waals surface area contributed by atoms with Crippen LogP contribution in [0.1, 0.15) is 27.7 Å². The Morgan fingerprint density at radius 1 is 1.38 bits per heavy atom. The fourth-order valence-electron chi connectivity index (χ4n) is 2.73. The van der Waals surface area contributed by atoms with Crippen LogP contribution in [0.3, 0.4) is 0 Å². The van der Waals surface area contributed by atoms with Crippen molar-refractivity contribution in [3.05, 3.63) is 0 Å². The van der Waals surface area contributed by atoms with Crippen molar-refractivity contribution >= 4 is 18.0 Å². The number of nitrogens with zero attached hydrogens (tertiary/aromatic N) is 1. The Hall–Kier alpha value is -1.79. The summed E-state index contributed by atoms with van der Waals surface area (Å²) in [6, 6.07) is 0. The van der Waals surface area contributed by atoms with Gasteiger partial charge in [0.05, 0.1) is 17.9 Å². The van der Waals surface area contributed by atoms with E-state index in [9.17, 15) is 14.4 Å². The number of ether oxygens (including phenoxy) is 2. The van der Waals surface area contributed by atoms with Crippen molar-refractivity contribution < 1.29 is 23.9 Å². The van der Waals surface area contributed by atoms with E-state index in [1.807, 2.05) is 0 Å². The molecule has 0 aromatic rings. The van der Waals surface area contributed by atoms with Gasteiger partial charge in [-0.25, -0.2) is 4.79 Å². The molecule has 2 amide bonds. The van der Waals surface area contributed by atoms with Gasteiger partial charge in [-0.3, -0.25) is 9.59 Å². The van der Waals surface area contributed by atoms with Crippen LogP contribution in [0, 0.1) is 11.3 Å². The van der Waals surface area contributed by atoms with Crippen LogP contribution in [-0.4, -0.2) is 54.7 Å². The van der Waals surface area contributed by atoms with Crippen molar-refractivity contribution in [2.75, 3.05) is 26.2 Å². The van der Waals surface area contributed by atoms with Crippen molar-refractivity contribution in [2.24, 2.45) is 11.3 Å². The van der Waals surface area contributed by atoms with Gasteiger partial charge in [0.25, 0.3) is 0 Å². The molecule has 2 heterocycles. The first-order valence-corrected chi connectivity index (χ1v) is 7.12. The molecule has 0 saturated carbocycles. The van der Waals surface area contributed by atoms with Gasteiger partial charge in [0, 0.05) is 19.6 Å². The van der Waals surface area contributed by atoms with Gasteiger partial charge < -0.3 is 19.7 Å². The van der Waals surface area contributed by atoms with Crippen molar-refractivity contribution in [2.45, 2.75) is 33.3 Å². The largest absolute Gasteiger partial charge is 0.466 e. The van der Waals surface area contributed by atoms with Crippen LogP contribution in [0.25, 0.3) is 0 Å². The number of likely N-dealkylation sites (tertiary alicyclic amines) is 1. The molecule has 0 aromatic carbocycles. The lowest BCUT2D eigenvalue weighted by atomic mass is 9.71. The highest BCUT2D eigenvalue weighted by Gasteiger charge is 2.62. The molecule has 1 N–H and O–H groups in total. The van der Waals surface area contributed by atoms with Crippen molar-refractivity contribution in [3.8, 4) is 0 Å². The molecule has 2 aliphatic heterocycles. The lowest BCUT2D eigenvalue weighted by Crippen LogP contribution is -2.65. The normalized spacial score (nSPS) is 23.5. The molecule has 21 heavy (non-hydrogen) atoms. The van der Waals surface area contributed by atoms with Crippen LogP contribution in [0.2, 0.25) is 0 Å². The first kappa shape index (κ1) is 15.6. The molecular weight excluding hydrogens is 276 g/mol. The van der Waals surface area contributed by atoms with Crippen LogP contribution >= 0.6 is 0 Å². The third-order valence-electron chi connectivity index (χ3n) is 3.75. The quantitative estimate of drug-likeness (QED) is 0.752. The molecule has 1 spiro atoms. The number of carbonyl (C=O) groups is 3. The summed E-state index contributed by atoms with van der Waals surface area (Å²) in [7, 11) is 0. The van der Waals surface area contributed by atoms with Crippen molar-refractivity contribution in [3.63, 3.8) is 0 Å². The second-order valence-corrected chi connectivity index (χ2v) is 6.51. The van der Waals surface area contributed by atoms with E-state index in [0.717, 1.165) is 0 Å². The average Bonchev–Trinajstić information content (AvgIpc) is 2.62. The van der Waals surface area contributed by atoms with Crippen molar-refractivity contribution in [1.29, 1.82) is 0 Å². The van der Waals surface area contributed by atoms with E-state index in [1.165, 1.54) is 4.90 Å². The topological polar surface area (TPSA) is 84.9 Å². The minimum absolute atomic E-state index is 0.192. The molecule has 0 aliphatic carbocycles. The van der Waals surface area contributed by atoms with E-state index >= 15 is 0 Å². The first-order valence-electron chi connectivity index (χ1n) is 7.12. The Bertz CT molecular complexity index is 462. The summed E-state index contributed by atoms with van der Waals surface area (Å²) in [5.74, 6) is -1.12. The average molecular weight is 298 g/mol. The second kappa shape index (κ2) is 5.20. The monoisotopic (exact) mass is 298 g/mol. The standard InChI is InChI=1S/C14H22N2O5/c1-5-20-10(17)9-6-15-11(18)14(9)7-16(8-14)12(19)21-13(2,3)4/h9H,5-8H2,1-4H3,(H,15,18). The van der Waals surface area contributed by atoms with Gasteiger partial charge in [0.15, 0.2) is 0 Å². The van der Waals surface area contributed by atoms with Crippen LogP contribution in [-0.2, 0) is 19.1 Å². The maximum absolute atomic E-state index is 12.1. The molecule has 2 rings (SSSR count). The van der Waals surface area contributed by atoms with Crippen LogP contribution < -0.4 is 5.32 Å². The second-order valence-electron chi connectivity index (χ2n) is 6.51. The number of hydrogen-bond acceptors (Lipinski definition) is 5. The summed E-state index contributed by atoms with van der Waals surface area (Å²) in [6.07, 6.45) is -0.463. The minimum atomic E-state index is -0.858. The molecular formula is C14H22N2O5. The number of rotatable bonds is 2. The molecule has 2 fully saturated rings. The van der Waals surface area contributed by atoms with Crippen LogP contribution in [0.15, 0.2) is 0 Å². The van der Waals surface area contributed by atoms with E-state index < -0.39 is 23.0 Å². The number of hydrogen-bond donors (Lipinski definition) is 1. The maximum atomic E-state index is 12.1. The lowest BCUT2D eigenvalue weighted by molar-refractivity contribution is -0.161. The number of carbonyl (C=O) groups excluding carboxylic acids is 3. The fraction of sp³-hybridized carbons (Fsp3) is 0.786. The Labute approximate surface area is 123 Å². The molecule has 0 aromatic heterocycles. The molecule has 1 atom stereocenters. The zero-order valence-corrected chi connectivity index (χ0v) is 12.9. The lowest BCUT2D eigenvalue weighted by Gasteiger charge is -2.47. The highest BCUT2D eigenvalue weighted by Crippen LogP contribution is 2.42. The summed E-state index contributed by atoms with van der Waals surface area (Å²) < 4.78 is 10.3. The van der Waals surface area contributed by atoms with Gasteiger partial charge in [-0.1, -0.05) is 0 Å². The summed E-state index contributed by atoms with van der Waals surface area (Å²) in [5.41, 5.74) is -1.44.